The lowest BCUT2D eigenvalue weighted by Gasteiger charge is -2.36. The van der Waals surface area contributed by atoms with Gasteiger partial charge in [-0.1, -0.05) is 60.7 Å². The first kappa shape index (κ1) is 26.5. The van der Waals surface area contributed by atoms with E-state index in [2.05, 4.69) is 0 Å². The van der Waals surface area contributed by atoms with Gasteiger partial charge in [-0.05, 0) is 29.3 Å². The molecule has 0 N–H and O–H groups in total. The normalized spacial score (nSPS) is 17.9. The molecule has 0 saturated heterocycles. The van der Waals surface area contributed by atoms with Crippen LogP contribution in [-0.2, 0) is 35.1 Å². The molecule has 0 radical (unpaired) electrons. The van der Waals surface area contributed by atoms with Crippen molar-refractivity contribution >= 4 is 19.4 Å². The average Bonchev–Trinajstić information content (AvgIpc) is 3.15. The molecule has 0 aromatic heterocycles. The van der Waals surface area contributed by atoms with Crippen molar-refractivity contribution in [2.24, 2.45) is 0 Å². The molecular weight excluding hydrogens is 499 g/mol. The number of rotatable bonds is 11. The summed E-state index contributed by atoms with van der Waals surface area (Å²) >= 11 is 0. The van der Waals surface area contributed by atoms with Crippen LogP contribution in [0.2, 0.25) is 0 Å². The molecule has 3 aromatic rings. The predicted octanol–water partition coefficient (Wildman–Crippen LogP) is 4.92. The number of benzene rings is 3. The molecule has 1 aliphatic rings. The van der Waals surface area contributed by atoms with Gasteiger partial charge in [-0.25, -0.2) is 4.57 Å². The highest BCUT2D eigenvalue weighted by molar-refractivity contribution is 7.48. The fourth-order valence-corrected chi connectivity index (χ4v) is 5.59. The second-order valence-electron chi connectivity index (χ2n) is 8.37. The summed E-state index contributed by atoms with van der Waals surface area (Å²) in [5.74, 6) is -1.11. The number of para-hydroxylation sites is 1. The number of carbonyl (C=O) groups is 1. The van der Waals surface area contributed by atoms with Crippen LogP contribution in [0.5, 0.6) is 5.75 Å². The molecule has 3 aromatic carbocycles. The zero-order chi connectivity index (χ0) is 26.6. The molecular formula is C26H27N2O8P. The van der Waals surface area contributed by atoms with Crippen molar-refractivity contribution in [3.63, 3.8) is 0 Å². The highest BCUT2D eigenvalue weighted by atomic mass is 31.2. The van der Waals surface area contributed by atoms with E-state index in [1.165, 1.54) is 4.90 Å². The van der Waals surface area contributed by atoms with Gasteiger partial charge in [0.05, 0.1) is 25.3 Å². The van der Waals surface area contributed by atoms with E-state index in [9.17, 15) is 19.5 Å². The molecule has 0 fully saturated rings. The van der Waals surface area contributed by atoms with E-state index in [4.69, 9.17) is 18.3 Å². The summed E-state index contributed by atoms with van der Waals surface area (Å²) < 4.78 is 34.8. The number of phosphoric ester groups is 1. The maximum atomic E-state index is 14.4. The van der Waals surface area contributed by atoms with E-state index in [0.29, 0.717) is 22.6 Å². The Morgan fingerprint density at radius 2 is 1.57 bits per heavy atom. The van der Waals surface area contributed by atoms with Crippen molar-refractivity contribution in [3.05, 3.63) is 106 Å². The molecule has 194 valence electrons. The molecule has 0 unspecified atom stereocenters. The summed E-state index contributed by atoms with van der Waals surface area (Å²) in [5.41, 5.74) is -0.0109. The molecule has 10 nitrogen and oxygen atoms in total. The van der Waals surface area contributed by atoms with Crippen LogP contribution < -0.4 is 9.64 Å². The summed E-state index contributed by atoms with van der Waals surface area (Å²) in [6, 6.07) is 22.5. The van der Waals surface area contributed by atoms with Crippen LogP contribution in [0.25, 0.3) is 0 Å². The van der Waals surface area contributed by atoms with Gasteiger partial charge in [0.2, 0.25) is 6.54 Å². The Kier molecular flexibility index (Phi) is 7.75. The first-order chi connectivity index (χ1) is 17.8. The third-order valence-corrected chi connectivity index (χ3v) is 7.79. The number of nitrogens with zero attached hydrogens (tertiary/aromatic N) is 2. The first-order valence-electron chi connectivity index (χ1n) is 11.4. The van der Waals surface area contributed by atoms with Crippen molar-refractivity contribution in [2.75, 3.05) is 32.8 Å². The van der Waals surface area contributed by atoms with E-state index >= 15 is 0 Å². The highest BCUT2D eigenvalue weighted by Crippen LogP contribution is 2.61. The Balaban J connectivity index is 1.93. The van der Waals surface area contributed by atoms with E-state index in [1.807, 2.05) is 12.1 Å². The molecule has 11 heteroatoms. The van der Waals surface area contributed by atoms with Crippen LogP contribution in [0.15, 0.2) is 78.9 Å². The molecule has 37 heavy (non-hydrogen) atoms. The molecule has 1 amide bonds. The fourth-order valence-electron chi connectivity index (χ4n) is 4.64. The van der Waals surface area contributed by atoms with Crippen molar-refractivity contribution in [1.82, 2.24) is 0 Å². The smallest absolute Gasteiger partial charge is 0.475 e. The molecule has 0 aliphatic carbocycles. The van der Waals surface area contributed by atoms with Gasteiger partial charge in [0.25, 0.3) is 5.91 Å². The first-order valence-corrected chi connectivity index (χ1v) is 12.9. The van der Waals surface area contributed by atoms with E-state index < -0.39 is 36.7 Å². The predicted molar refractivity (Wildman–Crippen MR) is 136 cm³/mol. The topological polar surface area (TPSA) is 117 Å². The number of hydrogen-bond acceptors (Lipinski definition) is 8. The zero-order valence-corrected chi connectivity index (χ0v) is 21.5. The molecule has 1 aliphatic heterocycles. The number of carbonyl (C=O) groups excluding carboxylic acids is 1. The minimum atomic E-state index is -4.31. The Labute approximate surface area is 214 Å². The van der Waals surface area contributed by atoms with Crippen LogP contribution in [-0.4, -0.2) is 38.7 Å². The minimum absolute atomic E-state index is 0.134. The van der Waals surface area contributed by atoms with Crippen molar-refractivity contribution in [2.45, 2.75) is 18.1 Å². The number of ether oxygens (including phenoxy) is 1. The monoisotopic (exact) mass is 526 g/mol. The Morgan fingerprint density at radius 1 is 0.946 bits per heavy atom. The second kappa shape index (κ2) is 10.8. The lowest BCUT2D eigenvalue weighted by molar-refractivity contribution is -0.486. The molecule has 0 bridgehead atoms. The number of nitro groups is 1. The number of methoxy groups -OCH3 is 1. The lowest BCUT2D eigenvalue weighted by Crippen LogP contribution is -2.48. The number of hydrogen-bond donors (Lipinski definition) is 0. The number of fused-ring (bicyclic) bond motifs is 1. The Bertz CT molecular complexity index is 1310. The lowest BCUT2D eigenvalue weighted by atomic mass is 9.78. The van der Waals surface area contributed by atoms with E-state index in [0.717, 1.165) is 19.8 Å². The summed E-state index contributed by atoms with van der Waals surface area (Å²) in [6.45, 7) is -0.539. The van der Waals surface area contributed by atoms with Crippen LogP contribution in [0.4, 0.5) is 5.69 Å². The number of amides is 1. The molecule has 1 heterocycles. The maximum Gasteiger partial charge on any atom is 0.475 e. The van der Waals surface area contributed by atoms with Crippen LogP contribution in [0, 0.1) is 10.1 Å². The SMILES string of the molecule is COc1ccc(CN2C(=O)[C@](OP(=O)(OC)OC)([C@H](C[N+](=O)[O-])c3ccccc3)c3ccccc32)cc1. The quantitative estimate of drug-likeness (QED) is 0.196. The van der Waals surface area contributed by atoms with E-state index in [1.54, 1.807) is 73.8 Å². The van der Waals surface area contributed by atoms with Gasteiger partial charge in [-0.3, -0.25) is 28.5 Å². The summed E-state index contributed by atoms with van der Waals surface area (Å²) in [6.07, 6.45) is 0. The van der Waals surface area contributed by atoms with Gasteiger partial charge in [0.15, 0.2) is 5.60 Å². The second-order valence-corrected chi connectivity index (χ2v) is 10.2. The van der Waals surface area contributed by atoms with Crippen molar-refractivity contribution in [3.8, 4) is 5.75 Å². The van der Waals surface area contributed by atoms with Gasteiger partial charge >= 0.3 is 7.82 Å². The van der Waals surface area contributed by atoms with Crippen LogP contribution >= 0.6 is 7.82 Å². The average molecular weight is 526 g/mol. The molecule has 4 rings (SSSR count). The third-order valence-electron chi connectivity index (χ3n) is 6.38. The number of phosphoric acid groups is 1. The minimum Gasteiger partial charge on any atom is -0.497 e. The van der Waals surface area contributed by atoms with Gasteiger partial charge in [0.1, 0.15) is 5.75 Å². The van der Waals surface area contributed by atoms with Gasteiger partial charge in [-0.2, -0.15) is 0 Å². The Hall–Kier alpha value is -3.56. The largest absolute Gasteiger partial charge is 0.497 e. The molecule has 0 saturated carbocycles. The maximum absolute atomic E-state index is 14.4. The van der Waals surface area contributed by atoms with Gasteiger partial charge < -0.3 is 9.64 Å². The number of anilines is 1. The Morgan fingerprint density at radius 3 is 2.16 bits per heavy atom. The third kappa shape index (κ3) is 5.01. The van der Waals surface area contributed by atoms with Crippen molar-refractivity contribution < 1.29 is 32.6 Å². The van der Waals surface area contributed by atoms with Gasteiger partial charge in [0, 0.05) is 24.7 Å². The van der Waals surface area contributed by atoms with Crippen molar-refractivity contribution in [1.29, 1.82) is 0 Å². The summed E-state index contributed by atoms with van der Waals surface area (Å²) in [5, 5.41) is 11.9. The standard InChI is InChI=1S/C26H27N2O8P/c1-33-21-15-13-19(14-16-21)17-27-24-12-8-7-11-22(24)26(25(27)29,36-37(32,34-2)35-3)23(18-28(30)31)20-9-5-4-6-10-20/h4-16,23H,17-18H2,1-3H3/t23-,26-/m1/s1. The molecule has 0 spiro atoms. The fraction of sp³-hybridized carbons (Fsp3) is 0.269. The summed E-state index contributed by atoms with van der Waals surface area (Å²) in [7, 11) is -0.496. The zero-order valence-electron chi connectivity index (χ0n) is 20.6. The van der Waals surface area contributed by atoms with Crippen LogP contribution in [0.1, 0.15) is 22.6 Å². The highest BCUT2D eigenvalue weighted by Gasteiger charge is 2.62. The van der Waals surface area contributed by atoms with Crippen LogP contribution in [0.3, 0.4) is 0 Å². The van der Waals surface area contributed by atoms with Gasteiger partial charge in [-0.15, -0.1) is 0 Å². The summed E-state index contributed by atoms with van der Waals surface area (Å²) in [4.78, 5) is 27.3. The molecule has 2 atom stereocenters. The van der Waals surface area contributed by atoms with E-state index in [-0.39, 0.29) is 6.54 Å².